The molecule has 106 valence electrons. The Morgan fingerprint density at radius 2 is 2.32 bits per heavy atom. The Labute approximate surface area is 114 Å². The number of aromatic nitrogens is 2. The molecule has 0 amide bonds. The van der Waals surface area contributed by atoms with E-state index in [1.165, 1.54) is 5.69 Å². The molecular weight excluding hydrogens is 242 g/mol. The second kappa shape index (κ2) is 5.74. The largest absolute Gasteiger partial charge is 0.481 e. The molecule has 0 radical (unpaired) electrons. The highest BCUT2D eigenvalue weighted by molar-refractivity contribution is 5.70. The third kappa shape index (κ3) is 3.15. The van der Waals surface area contributed by atoms with Gasteiger partial charge in [0.1, 0.15) is 0 Å². The summed E-state index contributed by atoms with van der Waals surface area (Å²) in [4.78, 5) is 13.4. The Morgan fingerprint density at radius 3 is 2.89 bits per heavy atom. The predicted octanol–water partition coefficient (Wildman–Crippen LogP) is 1.90. The van der Waals surface area contributed by atoms with Crippen LogP contribution in [-0.2, 0) is 17.9 Å². The monoisotopic (exact) mass is 265 g/mol. The Kier molecular flexibility index (Phi) is 4.24. The topological polar surface area (TPSA) is 58.4 Å². The first kappa shape index (κ1) is 14.1. The van der Waals surface area contributed by atoms with Crippen LogP contribution >= 0.6 is 0 Å². The number of likely N-dealkylation sites (tertiary alicyclic amines) is 1. The number of aryl methyl sites for hydroxylation is 2. The lowest BCUT2D eigenvalue weighted by Gasteiger charge is -2.36. The molecule has 2 rings (SSSR count). The van der Waals surface area contributed by atoms with E-state index in [1.54, 1.807) is 0 Å². The minimum atomic E-state index is -0.652. The van der Waals surface area contributed by atoms with Crippen molar-refractivity contribution in [1.82, 2.24) is 14.7 Å². The smallest absolute Gasteiger partial charge is 0.306 e. The van der Waals surface area contributed by atoms with Gasteiger partial charge >= 0.3 is 5.97 Å². The Balaban J connectivity index is 2.02. The van der Waals surface area contributed by atoms with Crippen molar-refractivity contribution in [2.45, 2.75) is 52.7 Å². The van der Waals surface area contributed by atoms with Crippen LogP contribution in [0.4, 0.5) is 0 Å². The first-order valence-corrected chi connectivity index (χ1v) is 7.01. The molecular formula is C14H23N3O2. The van der Waals surface area contributed by atoms with E-state index in [4.69, 9.17) is 5.11 Å². The maximum atomic E-state index is 11.0. The van der Waals surface area contributed by atoms with E-state index in [9.17, 15) is 4.79 Å². The highest BCUT2D eigenvalue weighted by Crippen LogP contribution is 2.24. The summed E-state index contributed by atoms with van der Waals surface area (Å²) < 4.78 is 2.03. The third-order valence-corrected chi connectivity index (χ3v) is 4.01. The number of carbonyl (C=O) groups is 1. The summed E-state index contributed by atoms with van der Waals surface area (Å²) in [7, 11) is 0. The van der Waals surface area contributed by atoms with Gasteiger partial charge in [-0.25, -0.2) is 0 Å². The number of carboxylic acid groups (broad SMARTS) is 1. The van der Waals surface area contributed by atoms with Crippen molar-refractivity contribution in [3.63, 3.8) is 0 Å². The van der Waals surface area contributed by atoms with E-state index < -0.39 is 5.97 Å². The molecule has 1 aliphatic rings. The number of piperidine rings is 1. The molecule has 0 saturated carbocycles. The van der Waals surface area contributed by atoms with E-state index in [2.05, 4.69) is 29.9 Å². The summed E-state index contributed by atoms with van der Waals surface area (Å²) in [5.74, 6) is -0.829. The van der Waals surface area contributed by atoms with Crippen LogP contribution in [0.1, 0.15) is 38.1 Å². The summed E-state index contributed by atoms with van der Waals surface area (Å²) in [5, 5.41) is 13.5. The van der Waals surface area contributed by atoms with Crippen molar-refractivity contribution in [2.75, 3.05) is 6.54 Å². The lowest BCUT2D eigenvalue weighted by Crippen LogP contribution is -2.42. The number of rotatable bonds is 4. The summed E-state index contributed by atoms with van der Waals surface area (Å²) in [6.07, 6.45) is 1.49. The van der Waals surface area contributed by atoms with E-state index in [0.29, 0.717) is 6.04 Å². The van der Waals surface area contributed by atoms with Gasteiger partial charge in [0, 0.05) is 19.1 Å². The fraction of sp³-hybridized carbons (Fsp3) is 0.714. The average molecular weight is 265 g/mol. The van der Waals surface area contributed by atoms with Crippen LogP contribution in [0, 0.1) is 12.8 Å². The predicted molar refractivity (Wildman–Crippen MR) is 72.9 cm³/mol. The molecule has 2 heterocycles. The van der Waals surface area contributed by atoms with Crippen molar-refractivity contribution in [3.8, 4) is 0 Å². The molecule has 1 aliphatic heterocycles. The maximum absolute atomic E-state index is 11.0. The first-order valence-electron chi connectivity index (χ1n) is 7.01. The summed E-state index contributed by atoms with van der Waals surface area (Å²) in [6, 6.07) is 2.44. The Hall–Kier alpha value is -1.36. The van der Waals surface area contributed by atoms with Crippen LogP contribution in [-0.4, -0.2) is 38.3 Å². The molecule has 1 aromatic heterocycles. The normalized spacial score (nSPS) is 24.6. The van der Waals surface area contributed by atoms with Gasteiger partial charge in [0.15, 0.2) is 0 Å². The van der Waals surface area contributed by atoms with Gasteiger partial charge in [-0.1, -0.05) is 0 Å². The second-order valence-electron chi connectivity index (χ2n) is 5.47. The van der Waals surface area contributed by atoms with Crippen LogP contribution in [0.15, 0.2) is 6.07 Å². The quantitative estimate of drug-likeness (QED) is 0.903. The van der Waals surface area contributed by atoms with Gasteiger partial charge < -0.3 is 5.11 Å². The zero-order valence-electron chi connectivity index (χ0n) is 12.0. The minimum absolute atomic E-state index is 0.177. The van der Waals surface area contributed by atoms with E-state index >= 15 is 0 Å². The standard InChI is InChI=1S/C14H23N3O2/c1-4-17-13(7-10(2)15-17)9-16-6-5-12(14(18)19)8-11(16)3/h7,11-12H,4-6,8-9H2,1-3H3,(H,18,19). The molecule has 0 aromatic carbocycles. The van der Waals surface area contributed by atoms with E-state index in [1.807, 2.05) is 11.6 Å². The maximum Gasteiger partial charge on any atom is 0.306 e. The van der Waals surface area contributed by atoms with Crippen LogP contribution in [0.25, 0.3) is 0 Å². The third-order valence-electron chi connectivity index (χ3n) is 4.01. The molecule has 1 fully saturated rings. The highest BCUT2D eigenvalue weighted by atomic mass is 16.4. The molecule has 2 unspecified atom stereocenters. The molecule has 0 aliphatic carbocycles. The van der Waals surface area contributed by atoms with Crippen LogP contribution in [0.2, 0.25) is 0 Å². The van der Waals surface area contributed by atoms with Crippen LogP contribution < -0.4 is 0 Å². The Bertz CT molecular complexity index is 456. The summed E-state index contributed by atoms with van der Waals surface area (Å²) in [5.41, 5.74) is 2.27. The van der Waals surface area contributed by atoms with Gasteiger partial charge in [-0.3, -0.25) is 14.4 Å². The summed E-state index contributed by atoms with van der Waals surface area (Å²) >= 11 is 0. The molecule has 1 saturated heterocycles. The van der Waals surface area contributed by atoms with Crippen molar-refractivity contribution >= 4 is 5.97 Å². The van der Waals surface area contributed by atoms with Gasteiger partial charge in [0.2, 0.25) is 0 Å². The highest BCUT2D eigenvalue weighted by Gasteiger charge is 2.29. The van der Waals surface area contributed by atoms with Crippen LogP contribution in [0.3, 0.4) is 0 Å². The van der Waals surface area contributed by atoms with Gasteiger partial charge in [0.25, 0.3) is 0 Å². The summed E-state index contributed by atoms with van der Waals surface area (Å²) in [6.45, 7) is 8.82. The molecule has 1 aromatic rings. The zero-order chi connectivity index (χ0) is 14.0. The van der Waals surface area contributed by atoms with Gasteiger partial charge in [-0.15, -0.1) is 0 Å². The fourth-order valence-corrected chi connectivity index (χ4v) is 2.89. The fourth-order valence-electron chi connectivity index (χ4n) is 2.89. The lowest BCUT2D eigenvalue weighted by atomic mass is 9.91. The number of aliphatic carboxylic acids is 1. The van der Waals surface area contributed by atoms with Gasteiger partial charge in [-0.05, 0) is 46.2 Å². The molecule has 1 N–H and O–H groups in total. The van der Waals surface area contributed by atoms with Gasteiger partial charge in [-0.2, -0.15) is 5.10 Å². The SMILES string of the molecule is CCn1nc(C)cc1CN1CCC(C(=O)O)CC1C. The Morgan fingerprint density at radius 1 is 1.58 bits per heavy atom. The number of carboxylic acids is 1. The average Bonchev–Trinajstić information content (AvgIpc) is 2.71. The molecule has 5 nitrogen and oxygen atoms in total. The second-order valence-corrected chi connectivity index (χ2v) is 5.47. The number of hydrogen-bond donors (Lipinski definition) is 1. The molecule has 5 heteroatoms. The van der Waals surface area contributed by atoms with Crippen molar-refractivity contribution in [1.29, 1.82) is 0 Å². The van der Waals surface area contributed by atoms with E-state index in [-0.39, 0.29) is 5.92 Å². The minimum Gasteiger partial charge on any atom is -0.481 e. The van der Waals surface area contributed by atoms with Crippen molar-refractivity contribution < 1.29 is 9.90 Å². The molecule has 19 heavy (non-hydrogen) atoms. The number of hydrogen-bond acceptors (Lipinski definition) is 3. The molecule has 0 bridgehead atoms. The molecule has 2 atom stereocenters. The molecule has 0 spiro atoms. The van der Waals surface area contributed by atoms with Crippen molar-refractivity contribution in [2.24, 2.45) is 5.92 Å². The first-order chi connectivity index (χ1) is 9.01. The number of nitrogens with zero attached hydrogens (tertiary/aromatic N) is 3. The van der Waals surface area contributed by atoms with Crippen molar-refractivity contribution in [3.05, 3.63) is 17.5 Å². The van der Waals surface area contributed by atoms with Crippen LogP contribution in [0.5, 0.6) is 0 Å². The van der Waals surface area contributed by atoms with E-state index in [0.717, 1.165) is 38.2 Å². The lowest BCUT2D eigenvalue weighted by molar-refractivity contribution is -0.144. The van der Waals surface area contributed by atoms with Gasteiger partial charge in [0.05, 0.1) is 17.3 Å². The zero-order valence-corrected chi connectivity index (χ0v) is 12.0.